The van der Waals surface area contributed by atoms with E-state index in [1.54, 1.807) is 50.4 Å². The Labute approximate surface area is 184 Å². The minimum Gasteiger partial charge on any atom is -0.497 e. The van der Waals surface area contributed by atoms with Gasteiger partial charge in [0.25, 0.3) is 5.91 Å². The topological polar surface area (TPSA) is 107 Å². The highest BCUT2D eigenvalue weighted by molar-refractivity contribution is 6.31. The van der Waals surface area contributed by atoms with E-state index in [1.807, 2.05) is 6.92 Å². The van der Waals surface area contributed by atoms with Crippen molar-refractivity contribution < 1.29 is 19.1 Å². The summed E-state index contributed by atoms with van der Waals surface area (Å²) in [6.07, 6.45) is 0. The predicted octanol–water partition coefficient (Wildman–Crippen LogP) is 3.46. The van der Waals surface area contributed by atoms with Gasteiger partial charge in [0.15, 0.2) is 5.69 Å². The van der Waals surface area contributed by atoms with Gasteiger partial charge in [-0.15, -0.1) is 5.10 Å². The third-order valence-corrected chi connectivity index (χ3v) is 4.86. The van der Waals surface area contributed by atoms with Gasteiger partial charge in [-0.25, -0.2) is 4.68 Å². The van der Waals surface area contributed by atoms with E-state index < -0.39 is 5.91 Å². The van der Waals surface area contributed by atoms with Crippen LogP contribution in [0.5, 0.6) is 11.5 Å². The molecule has 0 radical (unpaired) electrons. The van der Waals surface area contributed by atoms with E-state index in [1.165, 1.54) is 11.8 Å². The first kappa shape index (κ1) is 22.1. The molecule has 0 spiro atoms. The van der Waals surface area contributed by atoms with Crippen molar-refractivity contribution in [1.29, 1.82) is 0 Å². The number of hydrogen-bond acceptors (Lipinski definition) is 6. The summed E-state index contributed by atoms with van der Waals surface area (Å²) in [4.78, 5) is 25.1. The van der Waals surface area contributed by atoms with Crippen LogP contribution in [0.3, 0.4) is 0 Å². The third-order valence-electron chi connectivity index (χ3n) is 4.62. The summed E-state index contributed by atoms with van der Waals surface area (Å²) in [6, 6.07) is 10.2. The van der Waals surface area contributed by atoms with Gasteiger partial charge in [0.2, 0.25) is 5.91 Å². The van der Waals surface area contributed by atoms with Crippen LogP contribution in [0.15, 0.2) is 36.4 Å². The number of carbonyl (C=O) groups is 2. The standard InChI is InChI=1S/C21H22ClN5O4/c1-12-5-6-14(22)9-17(12)24-21(29)20-13(2)27(26-25-20)11-19(28)23-16-8-7-15(30-3)10-18(16)31-4/h5-10H,11H2,1-4H3,(H,23,28)(H,24,29). The Morgan fingerprint density at radius 2 is 1.81 bits per heavy atom. The maximum atomic E-state index is 12.6. The molecule has 2 aromatic carbocycles. The van der Waals surface area contributed by atoms with Gasteiger partial charge in [-0.05, 0) is 43.7 Å². The molecule has 10 heteroatoms. The second kappa shape index (κ2) is 9.48. The quantitative estimate of drug-likeness (QED) is 0.579. The molecule has 0 aliphatic carbocycles. The summed E-state index contributed by atoms with van der Waals surface area (Å²) in [6.45, 7) is 3.39. The molecule has 0 fully saturated rings. The smallest absolute Gasteiger partial charge is 0.278 e. The van der Waals surface area contributed by atoms with Crippen molar-refractivity contribution >= 4 is 34.8 Å². The van der Waals surface area contributed by atoms with Crippen molar-refractivity contribution in [2.24, 2.45) is 0 Å². The molecule has 1 heterocycles. The van der Waals surface area contributed by atoms with Crippen molar-refractivity contribution in [2.75, 3.05) is 24.9 Å². The fourth-order valence-electron chi connectivity index (χ4n) is 2.86. The fourth-order valence-corrected chi connectivity index (χ4v) is 3.03. The van der Waals surface area contributed by atoms with Gasteiger partial charge >= 0.3 is 0 Å². The number of carbonyl (C=O) groups excluding carboxylic acids is 2. The maximum Gasteiger partial charge on any atom is 0.278 e. The van der Waals surface area contributed by atoms with E-state index >= 15 is 0 Å². The molecule has 2 amide bonds. The highest BCUT2D eigenvalue weighted by Gasteiger charge is 2.19. The summed E-state index contributed by atoms with van der Waals surface area (Å²) in [7, 11) is 3.04. The molecule has 2 N–H and O–H groups in total. The second-order valence-corrected chi connectivity index (χ2v) is 7.15. The summed E-state index contributed by atoms with van der Waals surface area (Å²) in [5.74, 6) is 0.271. The minimum absolute atomic E-state index is 0.120. The molecule has 3 aromatic rings. The van der Waals surface area contributed by atoms with Crippen LogP contribution < -0.4 is 20.1 Å². The fraction of sp³-hybridized carbons (Fsp3) is 0.238. The number of amides is 2. The Morgan fingerprint density at radius 3 is 2.52 bits per heavy atom. The number of rotatable bonds is 7. The first-order valence-corrected chi connectivity index (χ1v) is 9.69. The van der Waals surface area contributed by atoms with E-state index in [9.17, 15) is 9.59 Å². The summed E-state index contributed by atoms with van der Waals surface area (Å²) in [5.41, 5.74) is 2.50. The van der Waals surface area contributed by atoms with Crippen molar-refractivity contribution in [3.8, 4) is 11.5 Å². The molecule has 0 bridgehead atoms. The first-order chi connectivity index (χ1) is 14.8. The lowest BCUT2D eigenvalue weighted by atomic mass is 10.2. The molecule has 0 atom stereocenters. The zero-order valence-corrected chi connectivity index (χ0v) is 18.3. The Kier molecular flexibility index (Phi) is 6.76. The maximum absolute atomic E-state index is 12.6. The molecular formula is C21H22ClN5O4. The Hall–Kier alpha value is -3.59. The van der Waals surface area contributed by atoms with Crippen LogP contribution in [0.25, 0.3) is 0 Å². The molecule has 0 saturated heterocycles. The van der Waals surface area contributed by atoms with Crippen molar-refractivity contribution in [3.05, 3.63) is 58.4 Å². The summed E-state index contributed by atoms with van der Waals surface area (Å²) < 4.78 is 11.8. The van der Waals surface area contributed by atoms with E-state index in [2.05, 4.69) is 20.9 Å². The van der Waals surface area contributed by atoms with E-state index in [0.29, 0.717) is 33.6 Å². The Bertz CT molecular complexity index is 1130. The van der Waals surface area contributed by atoms with Crippen LogP contribution in [0.2, 0.25) is 5.02 Å². The van der Waals surface area contributed by atoms with Gasteiger partial charge in [0.1, 0.15) is 18.0 Å². The number of halogens is 1. The number of nitrogens with zero attached hydrogens (tertiary/aromatic N) is 3. The first-order valence-electron chi connectivity index (χ1n) is 9.32. The lowest BCUT2D eigenvalue weighted by Crippen LogP contribution is -2.21. The van der Waals surface area contributed by atoms with Crippen LogP contribution in [0.1, 0.15) is 21.7 Å². The highest BCUT2D eigenvalue weighted by atomic mass is 35.5. The summed E-state index contributed by atoms with van der Waals surface area (Å²) >= 11 is 6.00. The molecule has 9 nitrogen and oxygen atoms in total. The van der Waals surface area contributed by atoms with Gasteiger partial charge in [-0.2, -0.15) is 0 Å². The van der Waals surface area contributed by atoms with Crippen LogP contribution in [0, 0.1) is 13.8 Å². The van der Waals surface area contributed by atoms with Gasteiger partial charge in [0, 0.05) is 16.8 Å². The number of ether oxygens (including phenoxy) is 2. The van der Waals surface area contributed by atoms with Crippen molar-refractivity contribution in [2.45, 2.75) is 20.4 Å². The SMILES string of the molecule is COc1ccc(NC(=O)Cn2nnc(C(=O)Nc3cc(Cl)ccc3C)c2C)c(OC)c1. The predicted molar refractivity (Wildman–Crippen MR) is 117 cm³/mol. The lowest BCUT2D eigenvalue weighted by molar-refractivity contribution is -0.117. The summed E-state index contributed by atoms with van der Waals surface area (Å²) in [5, 5.41) is 13.9. The van der Waals surface area contributed by atoms with E-state index in [4.69, 9.17) is 21.1 Å². The highest BCUT2D eigenvalue weighted by Crippen LogP contribution is 2.29. The largest absolute Gasteiger partial charge is 0.497 e. The number of nitrogens with one attached hydrogen (secondary N) is 2. The van der Waals surface area contributed by atoms with Crippen LogP contribution in [-0.4, -0.2) is 41.0 Å². The van der Waals surface area contributed by atoms with Gasteiger partial charge in [-0.3, -0.25) is 9.59 Å². The monoisotopic (exact) mass is 443 g/mol. The number of anilines is 2. The van der Waals surface area contributed by atoms with Gasteiger partial charge in [0.05, 0.1) is 25.6 Å². The average molecular weight is 444 g/mol. The molecule has 0 aliphatic rings. The normalized spacial score (nSPS) is 10.5. The van der Waals surface area contributed by atoms with Crippen molar-refractivity contribution in [3.63, 3.8) is 0 Å². The molecule has 1 aromatic heterocycles. The lowest BCUT2D eigenvalue weighted by Gasteiger charge is -2.12. The Balaban J connectivity index is 1.71. The van der Waals surface area contributed by atoms with Gasteiger partial charge < -0.3 is 20.1 Å². The average Bonchev–Trinajstić information content (AvgIpc) is 3.11. The minimum atomic E-state index is -0.439. The number of aryl methyl sites for hydroxylation is 1. The van der Waals surface area contributed by atoms with E-state index in [0.717, 1.165) is 5.56 Å². The van der Waals surface area contributed by atoms with Crippen molar-refractivity contribution in [1.82, 2.24) is 15.0 Å². The molecule has 0 unspecified atom stereocenters. The van der Waals surface area contributed by atoms with Crippen LogP contribution in [-0.2, 0) is 11.3 Å². The third kappa shape index (κ3) is 5.13. The number of hydrogen-bond donors (Lipinski definition) is 2. The molecule has 3 rings (SSSR count). The molecule has 0 saturated carbocycles. The Morgan fingerprint density at radius 1 is 1.03 bits per heavy atom. The van der Waals surface area contributed by atoms with Crippen LogP contribution in [0.4, 0.5) is 11.4 Å². The van der Waals surface area contributed by atoms with E-state index in [-0.39, 0.29) is 18.1 Å². The molecular weight excluding hydrogens is 422 g/mol. The number of benzene rings is 2. The molecule has 162 valence electrons. The second-order valence-electron chi connectivity index (χ2n) is 6.71. The van der Waals surface area contributed by atoms with Crippen LogP contribution >= 0.6 is 11.6 Å². The zero-order valence-electron chi connectivity index (χ0n) is 17.5. The zero-order chi connectivity index (χ0) is 22.5. The molecule has 31 heavy (non-hydrogen) atoms. The number of methoxy groups -OCH3 is 2. The molecule has 0 aliphatic heterocycles. The number of aromatic nitrogens is 3. The van der Waals surface area contributed by atoms with Gasteiger partial charge in [-0.1, -0.05) is 22.9 Å².